The Bertz CT molecular complexity index is 552. The smallest absolute Gasteiger partial charge is 0.295 e. The van der Waals surface area contributed by atoms with Crippen molar-refractivity contribution in [1.82, 2.24) is 4.98 Å². The van der Waals surface area contributed by atoms with E-state index in [-0.39, 0.29) is 6.10 Å². The third kappa shape index (κ3) is 2.26. The normalized spacial score (nSPS) is 24.3. The summed E-state index contributed by atoms with van der Waals surface area (Å²) < 4.78 is 11.2. The Balaban J connectivity index is 1.78. The predicted molar refractivity (Wildman–Crippen MR) is 70.5 cm³/mol. The van der Waals surface area contributed by atoms with E-state index in [0.717, 1.165) is 30.5 Å². The second-order valence-electron chi connectivity index (χ2n) is 4.79. The second kappa shape index (κ2) is 4.49. The fourth-order valence-corrected chi connectivity index (χ4v) is 2.31. The van der Waals surface area contributed by atoms with Crippen molar-refractivity contribution in [2.75, 3.05) is 17.7 Å². The van der Waals surface area contributed by atoms with Crippen molar-refractivity contribution in [1.29, 1.82) is 0 Å². The molecule has 2 aromatic rings. The van der Waals surface area contributed by atoms with Gasteiger partial charge in [-0.25, -0.2) is 0 Å². The first-order chi connectivity index (χ1) is 8.70. The summed E-state index contributed by atoms with van der Waals surface area (Å²) in [6, 6.07) is 6.40. The minimum absolute atomic E-state index is 0.288. The van der Waals surface area contributed by atoms with E-state index in [0.29, 0.717) is 17.7 Å². The molecule has 0 radical (unpaired) electrons. The quantitative estimate of drug-likeness (QED) is 0.797. The van der Waals surface area contributed by atoms with Gasteiger partial charge in [-0.15, -0.1) is 0 Å². The summed E-state index contributed by atoms with van der Waals surface area (Å²) in [5.41, 5.74) is 7.96. The molecule has 18 heavy (non-hydrogen) atoms. The summed E-state index contributed by atoms with van der Waals surface area (Å²) in [6.45, 7) is 2.87. The zero-order valence-corrected chi connectivity index (χ0v) is 10.3. The highest BCUT2D eigenvalue weighted by Crippen LogP contribution is 2.23. The van der Waals surface area contributed by atoms with Crippen molar-refractivity contribution >= 4 is 22.8 Å². The highest BCUT2D eigenvalue weighted by molar-refractivity contribution is 5.78. The summed E-state index contributed by atoms with van der Waals surface area (Å²) in [6.07, 6.45) is 2.24. The molecule has 2 heterocycles. The van der Waals surface area contributed by atoms with Gasteiger partial charge in [0.05, 0.1) is 6.10 Å². The molecule has 1 aromatic carbocycles. The Kier molecular flexibility index (Phi) is 2.83. The van der Waals surface area contributed by atoms with Crippen LogP contribution in [0.3, 0.4) is 0 Å². The molecule has 2 atom stereocenters. The van der Waals surface area contributed by atoms with Crippen LogP contribution in [-0.4, -0.2) is 23.7 Å². The number of rotatable bonds is 2. The predicted octanol–water partition coefficient (Wildman–Crippen LogP) is 2.39. The van der Waals surface area contributed by atoms with Crippen LogP contribution in [-0.2, 0) is 4.74 Å². The molecule has 0 saturated carbocycles. The average molecular weight is 247 g/mol. The zero-order chi connectivity index (χ0) is 12.5. The third-order valence-corrected chi connectivity index (χ3v) is 3.22. The summed E-state index contributed by atoms with van der Waals surface area (Å²) in [7, 11) is 0. The second-order valence-corrected chi connectivity index (χ2v) is 4.79. The highest BCUT2D eigenvalue weighted by atomic mass is 16.5. The lowest BCUT2D eigenvalue weighted by atomic mass is 10.1. The summed E-state index contributed by atoms with van der Waals surface area (Å²) in [4.78, 5) is 4.39. The van der Waals surface area contributed by atoms with Gasteiger partial charge < -0.3 is 20.2 Å². The van der Waals surface area contributed by atoms with Gasteiger partial charge in [0.2, 0.25) is 0 Å². The summed E-state index contributed by atoms with van der Waals surface area (Å²) >= 11 is 0. The molecule has 3 N–H and O–H groups in total. The number of ether oxygens (including phenoxy) is 1. The molecule has 1 saturated heterocycles. The molecule has 1 aliphatic rings. The molecule has 2 unspecified atom stereocenters. The lowest BCUT2D eigenvalue weighted by molar-refractivity contribution is 0.0229. The van der Waals surface area contributed by atoms with Crippen molar-refractivity contribution < 1.29 is 9.15 Å². The van der Waals surface area contributed by atoms with Gasteiger partial charge in [0.25, 0.3) is 6.01 Å². The van der Waals surface area contributed by atoms with Crippen molar-refractivity contribution in [3.05, 3.63) is 18.2 Å². The van der Waals surface area contributed by atoms with Crippen LogP contribution < -0.4 is 11.1 Å². The molecule has 96 valence electrons. The largest absolute Gasteiger partial charge is 0.424 e. The lowest BCUT2D eigenvalue weighted by Gasteiger charge is -2.27. The molecule has 1 aromatic heterocycles. The van der Waals surface area contributed by atoms with Gasteiger partial charge in [0.1, 0.15) is 5.52 Å². The number of hydrogen-bond acceptors (Lipinski definition) is 5. The van der Waals surface area contributed by atoms with Crippen LogP contribution >= 0.6 is 0 Å². The van der Waals surface area contributed by atoms with Gasteiger partial charge in [0.15, 0.2) is 5.58 Å². The maximum atomic E-state index is 5.72. The van der Waals surface area contributed by atoms with Crippen LogP contribution in [0, 0.1) is 0 Å². The van der Waals surface area contributed by atoms with Gasteiger partial charge >= 0.3 is 0 Å². The zero-order valence-electron chi connectivity index (χ0n) is 10.3. The van der Waals surface area contributed by atoms with E-state index in [1.54, 1.807) is 0 Å². The van der Waals surface area contributed by atoms with E-state index >= 15 is 0 Å². The summed E-state index contributed by atoms with van der Waals surface area (Å²) in [5.74, 6) is 0. The Morgan fingerprint density at radius 2 is 2.33 bits per heavy atom. The van der Waals surface area contributed by atoms with Crippen molar-refractivity contribution in [3.63, 3.8) is 0 Å². The molecular weight excluding hydrogens is 230 g/mol. The number of nitrogen functional groups attached to an aromatic ring is 1. The minimum atomic E-state index is 0.288. The first-order valence-electron chi connectivity index (χ1n) is 6.25. The van der Waals surface area contributed by atoms with Crippen LogP contribution in [0.1, 0.15) is 19.8 Å². The monoisotopic (exact) mass is 247 g/mol. The van der Waals surface area contributed by atoms with Crippen LogP contribution in [0.25, 0.3) is 11.1 Å². The van der Waals surface area contributed by atoms with Crippen molar-refractivity contribution in [2.45, 2.75) is 31.9 Å². The number of hydrogen-bond donors (Lipinski definition) is 2. The Labute approximate surface area is 105 Å². The van der Waals surface area contributed by atoms with Crippen molar-refractivity contribution in [2.24, 2.45) is 0 Å². The first kappa shape index (κ1) is 11.3. The molecule has 0 aliphatic carbocycles. The van der Waals surface area contributed by atoms with E-state index in [9.17, 15) is 0 Å². The third-order valence-electron chi connectivity index (χ3n) is 3.22. The summed E-state index contributed by atoms with van der Waals surface area (Å²) in [5, 5.41) is 3.32. The van der Waals surface area contributed by atoms with Gasteiger partial charge in [-0.05, 0) is 38.0 Å². The number of fused-ring (bicyclic) bond motifs is 1. The van der Waals surface area contributed by atoms with Gasteiger partial charge in [0, 0.05) is 18.3 Å². The highest BCUT2D eigenvalue weighted by Gasteiger charge is 2.20. The Hall–Kier alpha value is -1.75. The number of aromatic nitrogens is 1. The van der Waals surface area contributed by atoms with Crippen LogP contribution in [0.15, 0.2) is 22.6 Å². The molecule has 1 aliphatic heterocycles. The Morgan fingerprint density at radius 3 is 3.17 bits per heavy atom. The van der Waals surface area contributed by atoms with Crippen LogP contribution in [0.4, 0.5) is 11.7 Å². The first-order valence-corrected chi connectivity index (χ1v) is 6.25. The number of nitrogens with zero attached hydrogens (tertiary/aromatic N) is 1. The molecule has 5 heteroatoms. The number of nitrogens with two attached hydrogens (primary N) is 1. The average Bonchev–Trinajstić information content (AvgIpc) is 2.70. The van der Waals surface area contributed by atoms with E-state index in [4.69, 9.17) is 14.9 Å². The van der Waals surface area contributed by atoms with E-state index in [2.05, 4.69) is 17.2 Å². The molecule has 1 fully saturated rings. The number of nitrogens with one attached hydrogen (secondary N) is 1. The van der Waals surface area contributed by atoms with Gasteiger partial charge in [-0.1, -0.05) is 0 Å². The van der Waals surface area contributed by atoms with Gasteiger partial charge in [-0.2, -0.15) is 4.98 Å². The molecule has 0 bridgehead atoms. The van der Waals surface area contributed by atoms with E-state index in [1.165, 1.54) is 0 Å². The van der Waals surface area contributed by atoms with Crippen molar-refractivity contribution in [3.8, 4) is 0 Å². The molecule has 5 nitrogen and oxygen atoms in total. The SMILES string of the molecule is CC1CC(Nc2nc3cc(N)ccc3o2)CCO1. The number of oxazole rings is 1. The minimum Gasteiger partial charge on any atom is -0.424 e. The Morgan fingerprint density at radius 1 is 1.44 bits per heavy atom. The van der Waals surface area contributed by atoms with Gasteiger partial charge in [-0.3, -0.25) is 0 Å². The molecule has 0 amide bonds. The maximum absolute atomic E-state index is 5.72. The van der Waals surface area contributed by atoms with E-state index in [1.807, 2.05) is 18.2 Å². The van der Waals surface area contributed by atoms with Crippen LogP contribution in [0.5, 0.6) is 0 Å². The standard InChI is InChI=1S/C13H17N3O2/c1-8-6-10(4-5-17-8)15-13-16-11-7-9(14)2-3-12(11)18-13/h2-3,7-8,10H,4-6,14H2,1H3,(H,15,16). The topological polar surface area (TPSA) is 73.3 Å². The molecular formula is C13H17N3O2. The fraction of sp³-hybridized carbons (Fsp3) is 0.462. The number of benzene rings is 1. The number of anilines is 2. The fourth-order valence-electron chi connectivity index (χ4n) is 2.31. The maximum Gasteiger partial charge on any atom is 0.295 e. The molecule has 0 spiro atoms. The lowest BCUT2D eigenvalue weighted by Crippen LogP contribution is -2.32. The molecule has 3 rings (SSSR count). The van der Waals surface area contributed by atoms with Crippen LogP contribution in [0.2, 0.25) is 0 Å². The van der Waals surface area contributed by atoms with E-state index < -0.39 is 0 Å².